The minimum Gasteiger partial charge on any atom is -0.456 e. The fourth-order valence-corrected chi connectivity index (χ4v) is 3.74. The average Bonchev–Trinajstić information content (AvgIpc) is 3.01. The molecule has 22 heavy (non-hydrogen) atoms. The summed E-state index contributed by atoms with van der Waals surface area (Å²) in [5.41, 5.74) is -2.54. The third-order valence-corrected chi connectivity index (χ3v) is 5.26. The van der Waals surface area contributed by atoms with Gasteiger partial charge in [-0.3, -0.25) is 4.79 Å². The summed E-state index contributed by atoms with van der Waals surface area (Å²) in [6, 6.07) is 0. The van der Waals surface area contributed by atoms with E-state index in [4.69, 9.17) is 14.2 Å². The molecular weight excluding hydrogens is 301 g/mol. The standard InChI is InChI=1S/C15H21F3O4/c1-13(2,15(16,17)18)12(19)22-11-9-4-5-10(8-9)14(11)20-6-3-7-21-14/h9-11H,3-8H2,1-2H3. The normalized spacial score (nSPS) is 34.1. The fourth-order valence-electron chi connectivity index (χ4n) is 3.74. The lowest BCUT2D eigenvalue weighted by Crippen LogP contribution is -2.57. The molecule has 2 aliphatic carbocycles. The van der Waals surface area contributed by atoms with Gasteiger partial charge in [0.15, 0.2) is 11.5 Å². The summed E-state index contributed by atoms with van der Waals surface area (Å²) >= 11 is 0. The molecule has 0 radical (unpaired) electrons. The van der Waals surface area contributed by atoms with Crippen molar-refractivity contribution in [2.24, 2.45) is 17.3 Å². The zero-order chi connectivity index (χ0) is 16.2. The maximum absolute atomic E-state index is 13.0. The molecule has 1 heterocycles. The van der Waals surface area contributed by atoms with E-state index in [-0.39, 0.29) is 11.8 Å². The summed E-state index contributed by atoms with van der Waals surface area (Å²) in [5, 5.41) is 0. The molecule has 0 amide bonds. The SMILES string of the molecule is CC(C)(C(=O)OC1C2CCC(C2)C12OCCCO2)C(F)(F)F. The van der Waals surface area contributed by atoms with Crippen LogP contribution in [0.15, 0.2) is 0 Å². The van der Waals surface area contributed by atoms with Crippen molar-refractivity contribution in [3.05, 3.63) is 0 Å². The lowest BCUT2D eigenvalue weighted by Gasteiger charge is -2.45. The third-order valence-electron chi connectivity index (χ3n) is 5.26. The van der Waals surface area contributed by atoms with E-state index in [1.54, 1.807) is 0 Å². The number of hydrogen-bond donors (Lipinski definition) is 0. The number of esters is 1. The summed E-state index contributed by atoms with van der Waals surface area (Å²) in [5.74, 6) is -2.16. The molecule has 3 atom stereocenters. The van der Waals surface area contributed by atoms with Crippen molar-refractivity contribution in [2.45, 2.75) is 57.6 Å². The Hall–Kier alpha value is -0.820. The maximum atomic E-state index is 13.0. The van der Waals surface area contributed by atoms with Crippen molar-refractivity contribution in [3.8, 4) is 0 Å². The van der Waals surface area contributed by atoms with Gasteiger partial charge in [-0.15, -0.1) is 0 Å². The average molecular weight is 322 g/mol. The van der Waals surface area contributed by atoms with E-state index < -0.39 is 29.5 Å². The summed E-state index contributed by atoms with van der Waals surface area (Å²) < 4.78 is 56.0. The first-order valence-corrected chi connectivity index (χ1v) is 7.74. The Morgan fingerprint density at radius 3 is 2.41 bits per heavy atom. The van der Waals surface area contributed by atoms with Gasteiger partial charge in [0, 0.05) is 11.8 Å². The number of carbonyl (C=O) groups is 1. The molecule has 126 valence electrons. The highest BCUT2D eigenvalue weighted by Gasteiger charge is 2.65. The molecule has 4 nitrogen and oxygen atoms in total. The van der Waals surface area contributed by atoms with E-state index >= 15 is 0 Å². The van der Waals surface area contributed by atoms with Gasteiger partial charge in [-0.05, 0) is 39.5 Å². The van der Waals surface area contributed by atoms with E-state index in [1.807, 2.05) is 0 Å². The van der Waals surface area contributed by atoms with Gasteiger partial charge < -0.3 is 14.2 Å². The van der Waals surface area contributed by atoms with Gasteiger partial charge in [0.05, 0.1) is 13.2 Å². The highest BCUT2D eigenvalue weighted by atomic mass is 19.4. The molecule has 3 unspecified atom stereocenters. The molecule has 2 bridgehead atoms. The molecule has 0 aromatic rings. The summed E-state index contributed by atoms with van der Waals surface area (Å²) in [6.07, 6.45) is -2.12. The minimum absolute atomic E-state index is 0.0242. The van der Waals surface area contributed by atoms with E-state index in [1.165, 1.54) is 0 Å². The van der Waals surface area contributed by atoms with Gasteiger partial charge in [-0.25, -0.2) is 0 Å². The number of carbonyl (C=O) groups excluding carboxylic acids is 1. The molecular formula is C15H21F3O4. The second-order valence-electron chi connectivity index (χ2n) is 6.99. The Morgan fingerprint density at radius 2 is 1.82 bits per heavy atom. The van der Waals surface area contributed by atoms with Gasteiger partial charge in [0.2, 0.25) is 5.79 Å². The van der Waals surface area contributed by atoms with Crippen LogP contribution in [0.4, 0.5) is 13.2 Å². The lowest BCUT2D eigenvalue weighted by atomic mass is 9.89. The molecule has 0 aromatic carbocycles. The topological polar surface area (TPSA) is 44.8 Å². The predicted molar refractivity (Wildman–Crippen MR) is 69.8 cm³/mol. The van der Waals surface area contributed by atoms with E-state index in [0.29, 0.717) is 13.2 Å². The Balaban J connectivity index is 1.80. The van der Waals surface area contributed by atoms with Crippen LogP contribution in [0.5, 0.6) is 0 Å². The Kier molecular flexibility index (Phi) is 3.72. The molecule has 1 spiro atoms. The first-order valence-electron chi connectivity index (χ1n) is 7.74. The van der Waals surface area contributed by atoms with Gasteiger partial charge in [0.1, 0.15) is 0 Å². The molecule has 3 fully saturated rings. The van der Waals surface area contributed by atoms with Crippen LogP contribution in [0, 0.1) is 17.3 Å². The monoisotopic (exact) mass is 322 g/mol. The van der Waals surface area contributed by atoms with Crippen LogP contribution < -0.4 is 0 Å². The van der Waals surface area contributed by atoms with Crippen LogP contribution in [-0.2, 0) is 19.0 Å². The van der Waals surface area contributed by atoms with Gasteiger partial charge in [0.25, 0.3) is 0 Å². The van der Waals surface area contributed by atoms with Gasteiger partial charge >= 0.3 is 12.1 Å². The largest absolute Gasteiger partial charge is 0.456 e. The number of halogens is 3. The maximum Gasteiger partial charge on any atom is 0.404 e. The van der Waals surface area contributed by atoms with E-state index in [9.17, 15) is 18.0 Å². The van der Waals surface area contributed by atoms with Crippen molar-refractivity contribution in [1.82, 2.24) is 0 Å². The zero-order valence-electron chi connectivity index (χ0n) is 12.7. The van der Waals surface area contributed by atoms with Crippen LogP contribution in [-0.4, -0.2) is 37.3 Å². The fraction of sp³-hybridized carbons (Fsp3) is 0.933. The number of alkyl halides is 3. The second kappa shape index (κ2) is 5.09. The number of ether oxygens (including phenoxy) is 3. The van der Waals surface area contributed by atoms with Crippen LogP contribution >= 0.6 is 0 Å². The van der Waals surface area contributed by atoms with Crippen molar-refractivity contribution in [2.75, 3.05) is 13.2 Å². The van der Waals surface area contributed by atoms with Crippen LogP contribution in [0.3, 0.4) is 0 Å². The van der Waals surface area contributed by atoms with Gasteiger partial charge in [-0.2, -0.15) is 13.2 Å². The lowest BCUT2D eigenvalue weighted by molar-refractivity contribution is -0.331. The highest BCUT2D eigenvalue weighted by Crippen LogP contribution is 2.56. The van der Waals surface area contributed by atoms with Crippen molar-refractivity contribution in [3.63, 3.8) is 0 Å². The smallest absolute Gasteiger partial charge is 0.404 e. The molecule has 1 aliphatic heterocycles. The Morgan fingerprint density at radius 1 is 1.18 bits per heavy atom. The molecule has 3 aliphatic rings. The van der Waals surface area contributed by atoms with E-state index in [2.05, 4.69) is 0 Å². The summed E-state index contributed by atoms with van der Waals surface area (Å²) in [6.45, 7) is 2.66. The molecule has 7 heteroatoms. The molecule has 3 rings (SSSR count). The Bertz CT molecular complexity index is 454. The number of hydrogen-bond acceptors (Lipinski definition) is 4. The first kappa shape index (κ1) is 16.1. The zero-order valence-corrected chi connectivity index (χ0v) is 12.7. The second-order valence-corrected chi connectivity index (χ2v) is 6.99. The number of rotatable bonds is 2. The molecule has 0 N–H and O–H groups in total. The summed E-state index contributed by atoms with van der Waals surface area (Å²) in [7, 11) is 0. The van der Waals surface area contributed by atoms with Crippen LogP contribution in [0.25, 0.3) is 0 Å². The third kappa shape index (κ3) is 2.24. The van der Waals surface area contributed by atoms with Crippen molar-refractivity contribution >= 4 is 5.97 Å². The van der Waals surface area contributed by atoms with Crippen molar-refractivity contribution in [1.29, 1.82) is 0 Å². The van der Waals surface area contributed by atoms with Crippen LogP contribution in [0.1, 0.15) is 39.5 Å². The van der Waals surface area contributed by atoms with Crippen LogP contribution in [0.2, 0.25) is 0 Å². The number of fused-ring (bicyclic) bond motifs is 3. The van der Waals surface area contributed by atoms with Crippen molar-refractivity contribution < 1.29 is 32.2 Å². The van der Waals surface area contributed by atoms with Gasteiger partial charge in [-0.1, -0.05) is 0 Å². The summed E-state index contributed by atoms with van der Waals surface area (Å²) in [4.78, 5) is 12.1. The molecule has 1 saturated heterocycles. The quantitative estimate of drug-likeness (QED) is 0.733. The predicted octanol–water partition coefficient (Wildman–Crippen LogP) is 3.05. The minimum atomic E-state index is -4.65. The Labute approximate surface area is 127 Å². The first-order chi connectivity index (χ1) is 10.2. The molecule has 2 saturated carbocycles. The van der Waals surface area contributed by atoms with E-state index in [0.717, 1.165) is 39.5 Å². The molecule has 0 aromatic heterocycles. The highest BCUT2D eigenvalue weighted by molar-refractivity contribution is 5.77.